The van der Waals surface area contributed by atoms with Crippen molar-refractivity contribution in [3.63, 3.8) is 0 Å². The molecule has 30 heavy (non-hydrogen) atoms. The number of anilines is 1. The predicted octanol–water partition coefficient (Wildman–Crippen LogP) is 4.95. The highest BCUT2D eigenvalue weighted by atomic mass is 16.6. The minimum atomic E-state index is -0.385. The number of nitro benzene ring substituents is 1. The van der Waals surface area contributed by atoms with Gasteiger partial charge in [0.1, 0.15) is 11.4 Å². The standard InChI is InChI=1S/C23H22N2O5/c1-13-21(15-8-11-19(27)20(12-15)30-2)17-4-3-5-18(25(28)29)23(17)24-22(13)14-6-9-16(26)10-7-14/h3-13,21-22,24,26-27H,1-2H3/t13-,21+,22-/m0/s1. The largest absolute Gasteiger partial charge is 0.508 e. The van der Waals surface area contributed by atoms with Crippen LogP contribution in [0.5, 0.6) is 17.2 Å². The molecule has 3 aromatic carbocycles. The molecule has 0 aliphatic carbocycles. The van der Waals surface area contributed by atoms with Crippen LogP contribution in [0.4, 0.5) is 11.4 Å². The van der Waals surface area contributed by atoms with Gasteiger partial charge in [-0.2, -0.15) is 0 Å². The van der Waals surface area contributed by atoms with E-state index in [4.69, 9.17) is 4.74 Å². The highest BCUT2D eigenvalue weighted by Gasteiger charge is 2.38. The third kappa shape index (κ3) is 3.28. The summed E-state index contributed by atoms with van der Waals surface area (Å²) in [5, 5.41) is 34.8. The van der Waals surface area contributed by atoms with Crippen LogP contribution < -0.4 is 10.1 Å². The molecule has 0 fully saturated rings. The van der Waals surface area contributed by atoms with Crippen LogP contribution in [0.3, 0.4) is 0 Å². The number of nitrogens with zero attached hydrogens (tertiary/aromatic N) is 1. The Kier molecular flexibility index (Phi) is 4.95. The molecular weight excluding hydrogens is 384 g/mol. The van der Waals surface area contributed by atoms with Gasteiger partial charge in [0.25, 0.3) is 5.69 Å². The molecule has 3 aromatic rings. The van der Waals surface area contributed by atoms with Crippen molar-refractivity contribution in [2.24, 2.45) is 5.92 Å². The number of phenols is 2. The lowest BCUT2D eigenvalue weighted by atomic mass is 9.72. The number of nitro groups is 1. The summed E-state index contributed by atoms with van der Waals surface area (Å²) in [5.41, 5.74) is 3.12. The van der Waals surface area contributed by atoms with Gasteiger partial charge in [-0.15, -0.1) is 0 Å². The van der Waals surface area contributed by atoms with E-state index in [1.165, 1.54) is 13.2 Å². The molecule has 0 radical (unpaired) electrons. The number of hydrogen-bond donors (Lipinski definition) is 3. The lowest BCUT2D eigenvalue weighted by molar-refractivity contribution is -0.384. The molecule has 0 saturated heterocycles. The van der Waals surface area contributed by atoms with Crippen LogP contribution in [0, 0.1) is 16.0 Å². The van der Waals surface area contributed by atoms with Gasteiger partial charge < -0.3 is 20.3 Å². The van der Waals surface area contributed by atoms with E-state index < -0.39 is 0 Å². The van der Waals surface area contributed by atoms with Gasteiger partial charge in [0.15, 0.2) is 11.5 Å². The van der Waals surface area contributed by atoms with Crippen LogP contribution >= 0.6 is 0 Å². The first kappa shape index (κ1) is 19.6. The minimum absolute atomic E-state index is 0.0123. The molecule has 0 amide bonds. The van der Waals surface area contributed by atoms with Crippen molar-refractivity contribution in [2.75, 3.05) is 12.4 Å². The molecule has 0 spiro atoms. The van der Waals surface area contributed by atoms with Crippen LogP contribution in [0.1, 0.15) is 35.6 Å². The quantitative estimate of drug-likeness (QED) is 0.418. The number of aromatic hydroxyl groups is 2. The monoisotopic (exact) mass is 406 g/mol. The zero-order chi connectivity index (χ0) is 21.4. The van der Waals surface area contributed by atoms with Crippen molar-refractivity contribution >= 4 is 11.4 Å². The predicted molar refractivity (Wildman–Crippen MR) is 113 cm³/mol. The summed E-state index contributed by atoms with van der Waals surface area (Å²) >= 11 is 0. The van der Waals surface area contributed by atoms with Gasteiger partial charge in [0, 0.05) is 12.0 Å². The number of methoxy groups -OCH3 is 1. The lowest BCUT2D eigenvalue weighted by Gasteiger charge is -2.39. The summed E-state index contributed by atoms with van der Waals surface area (Å²) in [6.07, 6.45) is 0. The van der Waals surface area contributed by atoms with Crippen LogP contribution in [-0.2, 0) is 0 Å². The molecule has 7 heteroatoms. The molecule has 3 atom stereocenters. The molecule has 0 saturated carbocycles. The Bertz CT molecular complexity index is 1100. The Morgan fingerprint density at radius 2 is 1.73 bits per heavy atom. The number of benzene rings is 3. The summed E-state index contributed by atoms with van der Waals surface area (Å²) < 4.78 is 5.28. The molecule has 1 aliphatic rings. The average Bonchev–Trinajstić information content (AvgIpc) is 2.74. The van der Waals surface area contributed by atoms with Gasteiger partial charge in [0.05, 0.1) is 18.1 Å². The Labute approximate surface area is 173 Å². The molecule has 7 nitrogen and oxygen atoms in total. The highest BCUT2D eigenvalue weighted by Crippen LogP contribution is 2.51. The SMILES string of the molecule is COc1cc([C@@H]2c3cccc([N+](=O)[O-])c3N[C@H](c3ccc(O)cc3)[C@H]2C)ccc1O. The Morgan fingerprint density at radius 1 is 1.03 bits per heavy atom. The molecule has 3 N–H and O–H groups in total. The Balaban J connectivity index is 1.91. The van der Waals surface area contributed by atoms with E-state index >= 15 is 0 Å². The van der Waals surface area contributed by atoms with Crippen molar-refractivity contribution in [1.29, 1.82) is 0 Å². The third-order valence-electron chi connectivity index (χ3n) is 5.77. The van der Waals surface area contributed by atoms with E-state index in [2.05, 4.69) is 12.2 Å². The van der Waals surface area contributed by atoms with Crippen molar-refractivity contribution in [1.82, 2.24) is 0 Å². The van der Waals surface area contributed by atoms with Crippen LogP contribution in [0.15, 0.2) is 60.7 Å². The summed E-state index contributed by atoms with van der Waals surface area (Å²) in [6.45, 7) is 2.08. The number of hydrogen-bond acceptors (Lipinski definition) is 6. The minimum Gasteiger partial charge on any atom is -0.508 e. The maximum Gasteiger partial charge on any atom is 0.292 e. The first-order valence-electron chi connectivity index (χ1n) is 9.60. The fourth-order valence-electron chi connectivity index (χ4n) is 4.33. The van der Waals surface area contributed by atoms with Crippen LogP contribution in [-0.4, -0.2) is 22.2 Å². The van der Waals surface area contributed by atoms with E-state index in [1.807, 2.05) is 24.3 Å². The summed E-state index contributed by atoms with van der Waals surface area (Å²) in [4.78, 5) is 11.3. The zero-order valence-corrected chi connectivity index (χ0v) is 16.6. The van der Waals surface area contributed by atoms with Crippen molar-refractivity contribution in [2.45, 2.75) is 18.9 Å². The number of nitrogens with one attached hydrogen (secondary N) is 1. The molecule has 0 aromatic heterocycles. The molecule has 0 unspecified atom stereocenters. The van der Waals surface area contributed by atoms with E-state index in [0.29, 0.717) is 11.4 Å². The van der Waals surface area contributed by atoms with Crippen molar-refractivity contribution < 1.29 is 19.9 Å². The van der Waals surface area contributed by atoms with Gasteiger partial charge in [0.2, 0.25) is 0 Å². The maximum atomic E-state index is 11.7. The smallest absolute Gasteiger partial charge is 0.292 e. The summed E-state index contributed by atoms with van der Waals surface area (Å²) in [7, 11) is 1.49. The molecule has 1 heterocycles. The number of rotatable bonds is 4. The second kappa shape index (κ2) is 7.59. The van der Waals surface area contributed by atoms with Crippen molar-refractivity contribution in [3.05, 3.63) is 87.5 Å². The van der Waals surface area contributed by atoms with Gasteiger partial charge in [-0.1, -0.05) is 37.3 Å². The van der Waals surface area contributed by atoms with E-state index in [-0.39, 0.29) is 40.0 Å². The number of ether oxygens (including phenoxy) is 1. The van der Waals surface area contributed by atoms with E-state index in [1.54, 1.807) is 30.3 Å². The number of fused-ring (bicyclic) bond motifs is 1. The van der Waals surface area contributed by atoms with Crippen molar-refractivity contribution in [3.8, 4) is 17.2 Å². The second-order valence-corrected chi connectivity index (χ2v) is 7.48. The molecule has 1 aliphatic heterocycles. The van der Waals surface area contributed by atoms with E-state index in [0.717, 1.165) is 16.7 Å². The van der Waals surface area contributed by atoms with Crippen LogP contribution in [0.2, 0.25) is 0 Å². The lowest BCUT2D eigenvalue weighted by Crippen LogP contribution is -2.31. The molecule has 4 rings (SSSR count). The molecule has 0 bridgehead atoms. The van der Waals surface area contributed by atoms with Gasteiger partial charge >= 0.3 is 0 Å². The fraction of sp³-hybridized carbons (Fsp3) is 0.217. The maximum absolute atomic E-state index is 11.7. The first-order chi connectivity index (χ1) is 14.4. The average molecular weight is 406 g/mol. The first-order valence-corrected chi connectivity index (χ1v) is 9.60. The highest BCUT2D eigenvalue weighted by molar-refractivity contribution is 5.71. The third-order valence-corrected chi connectivity index (χ3v) is 5.77. The molecular formula is C23H22N2O5. The van der Waals surface area contributed by atoms with Gasteiger partial charge in [-0.3, -0.25) is 10.1 Å². The second-order valence-electron chi connectivity index (χ2n) is 7.48. The normalized spacial score (nSPS) is 20.1. The summed E-state index contributed by atoms with van der Waals surface area (Å²) in [6, 6.07) is 16.9. The number of phenolic OH excluding ortho intramolecular Hbond substituents is 2. The van der Waals surface area contributed by atoms with Gasteiger partial charge in [-0.25, -0.2) is 0 Å². The molecule has 154 valence electrons. The zero-order valence-electron chi connectivity index (χ0n) is 16.6. The Hall–Kier alpha value is -3.74. The topological polar surface area (TPSA) is 105 Å². The summed E-state index contributed by atoms with van der Waals surface area (Å²) in [5.74, 6) is 0.393. The van der Waals surface area contributed by atoms with Crippen LogP contribution in [0.25, 0.3) is 0 Å². The fourth-order valence-corrected chi connectivity index (χ4v) is 4.33. The number of para-hydroxylation sites is 1. The van der Waals surface area contributed by atoms with Gasteiger partial charge in [-0.05, 0) is 46.9 Å². The van der Waals surface area contributed by atoms with E-state index in [9.17, 15) is 20.3 Å². The Morgan fingerprint density at radius 3 is 2.40 bits per heavy atom.